The molecule has 2 rings (SSSR count). The lowest BCUT2D eigenvalue weighted by Gasteiger charge is -2.20. The molecule has 0 N–H and O–H groups in total. The second kappa shape index (κ2) is 5.42. The molecule has 0 aromatic heterocycles. The van der Waals surface area contributed by atoms with Gasteiger partial charge in [-0.3, -0.25) is 4.79 Å². The summed E-state index contributed by atoms with van der Waals surface area (Å²) < 4.78 is 23.2. The van der Waals surface area contributed by atoms with Crippen LogP contribution in [0.1, 0.15) is 30.1 Å². The quantitative estimate of drug-likeness (QED) is 0.770. The molecule has 1 aromatic rings. The highest BCUT2D eigenvalue weighted by molar-refractivity contribution is 9.10. The third kappa shape index (κ3) is 3.30. The molecule has 0 atom stereocenters. The number of nitrogens with zero attached hydrogens (tertiary/aromatic N) is 1. The zero-order valence-corrected chi connectivity index (χ0v) is 13.4. The van der Waals surface area contributed by atoms with Crippen LogP contribution in [0.3, 0.4) is 0 Å². The topological polar surface area (TPSA) is 54.5 Å². The van der Waals surface area contributed by atoms with Crippen LogP contribution in [-0.2, 0) is 9.05 Å². The van der Waals surface area contributed by atoms with Crippen LogP contribution in [0.4, 0.5) is 0 Å². The molecule has 104 valence electrons. The minimum atomic E-state index is -3.87. The van der Waals surface area contributed by atoms with E-state index in [-0.39, 0.29) is 16.8 Å². The van der Waals surface area contributed by atoms with Crippen LogP contribution in [0, 0.1) is 0 Å². The van der Waals surface area contributed by atoms with Crippen LogP contribution < -0.4 is 0 Å². The number of amides is 1. The van der Waals surface area contributed by atoms with Gasteiger partial charge in [-0.15, -0.1) is 0 Å². The molecule has 1 aliphatic rings. The van der Waals surface area contributed by atoms with Crippen LogP contribution in [0.5, 0.6) is 0 Å². The standard InChI is InChI=1S/C12H13BrClNO3S/c1-2-15(9-4-5-9)12(16)8-3-6-10(13)11(7-8)19(14,17)18/h3,6-7,9H,2,4-5H2,1H3. The second-order valence-electron chi connectivity index (χ2n) is 4.41. The fraction of sp³-hybridized carbons (Fsp3) is 0.417. The Labute approximate surface area is 125 Å². The van der Waals surface area contributed by atoms with Crippen LogP contribution in [0.15, 0.2) is 27.6 Å². The molecule has 0 saturated heterocycles. The van der Waals surface area contributed by atoms with Gasteiger partial charge in [0, 0.05) is 33.3 Å². The Bertz CT molecular complexity index is 613. The smallest absolute Gasteiger partial charge is 0.262 e. The Morgan fingerprint density at radius 2 is 2.11 bits per heavy atom. The SMILES string of the molecule is CCN(C(=O)c1ccc(Br)c(S(=O)(=O)Cl)c1)C1CC1. The first-order valence-electron chi connectivity index (χ1n) is 5.89. The Hall–Kier alpha value is -0.590. The molecule has 0 aliphatic heterocycles. The third-order valence-corrected chi connectivity index (χ3v) is 5.35. The van der Waals surface area contributed by atoms with Crippen molar-refractivity contribution in [1.82, 2.24) is 4.90 Å². The first-order chi connectivity index (χ1) is 8.84. The number of carbonyl (C=O) groups excluding carboxylic acids is 1. The third-order valence-electron chi connectivity index (χ3n) is 3.03. The lowest BCUT2D eigenvalue weighted by atomic mass is 10.2. The van der Waals surface area contributed by atoms with Gasteiger partial charge in [0.1, 0.15) is 0 Å². The van der Waals surface area contributed by atoms with E-state index < -0.39 is 9.05 Å². The van der Waals surface area contributed by atoms with Crippen LogP contribution in [0.25, 0.3) is 0 Å². The monoisotopic (exact) mass is 365 g/mol. The molecule has 1 aliphatic carbocycles. The van der Waals surface area contributed by atoms with E-state index in [4.69, 9.17) is 10.7 Å². The molecule has 0 heterocycles. The van der Waals surface area contributed by atoms with Crippen LogP contribution in [-0.4, -0.2) is 31.8 Å². The number of rotatable bonds is 4. The fourth-order valence-electron chi connectivity index (χ4n) is 1.94. The van der Waals surface area contributed by atoms with Crippen molar-refractivity contribution in [3.05, 3.63) is 28.2 Å². The molecule has 0 bridgehead atoms. The summed E-state index contributed by atoms with van der Waals surface area (Å²) in [4.78, 5) is 14.0. The zero-order chi connectivity index (χ0) is 14.2. The molecule has 1 amide bonds. The van der Waals surface area contributed by atoms with E-state index in [1.54, 1.807) is 11.0 Å². The van der Waals surface area contributed by atoms with Crippen molar-refractivity contribution in [3.8, 4) is 0 Å². The van der Waals surface area contributed by atoms with E-state index in [1.165, 1.54) is 12.1 Å². The van der Waals surface area contributed by atoms with Crippen molar-refractivity contribution in [3.63, 3.8) is 0 Å². The molecule has 1 aromatic carbocycles. The Morgan fingerprint density at radius 1 is 1.47 bits per heavy atom. The highest BCUT2D eigenvalue weighted by Crippen LogP contribution is 2.30. The van der Waals surface area contributed by atoms with Gasteiger partial charge in [0.15, 0.2) is 0 Å². The van der Waals surface area contributed by atoms with Gasteiger partial charge in [0.25, 0.3) is 15.0 Å². The largest absolute Gasteiger partial charge is 0.336 e. The van der Waals surface area contributed by atoms with Crippen molar-refractivity contribution < 1.29 is 13.2 Å². The summed E-state index contributed by atoms with van der Waals surface area (Å²) in [6, 6.07) is 4.74. The van der Waals surface area contributed by atoms with Crippen molar-refractivity contribution in [2.75, 3.05) is 6.54 Å². The molecule has 1 saturated carbocycles. The fourth-order valence-corrected chi connectivity index (χ4v) is 4.06. The Morgan fingerprint density at radius 3 is 2.58 bits per heavy atom. The Kier molecular flexibility index (Phi) is 4.23. The molecule has 1 fully saturated rings. The lowest BCUT2D eigenvalue weighted by Crippen LogP contribution is -2.32. The number of hydrogen-bond donors (Lipinski definition) is 0. The van der Waals surface area contributed by atoms with Gasteiger partial charge in [-0.05, 0) is 53.9 Å². The maximum atomic E-state index is 12.3. The average Bonchev–Trinajstić information content (AvgIpc) is 3.13. The van der Waals surface area contributed by atoms with Gasteiger partial charge in [0.05, 0.1) is 4.90 Å². The molecule has 4 nitrogen and oxygen atoms in total. The summed E-state index contributed by atoms with van der Waals surface area (Å²) in [5.74, 6) is -0.154. The van der Waals surface area contributed by atoms with Gasteiger partial charge in [-0.25, -0.2) is 8.42 Å². The summed E-state index contributed by atoms with van der Waals surface area (Å²) in [7, 11) is 1.47. The van der Waals surface area contributed by atoms with Gasteiger partial charge in [0.2, 0.25) is 0 Å². The van der Waals surface area contributed by atoms with E-state index >= 15 is 0 Å². The minimum Gasteiger partial charge on any atom is -0.336 e. The van der Waals surface area contributed by atoms with Crippen LogP contribution in [0.2, 0.25) is 0 Å². The van der Waals surface area contributed by atoms with Gasteiger partial charge in [-0.1, -0.05) is 0 Å². The predicted molar refractivity (Wildman–Crippen MR) is 76.9 cm³/mol. The molecule has 7 heteroatoms. The molecule has 0 spiro atoms. The number of halogens is 2. The number of carbonyl (C=O) groups is 1. The second-order valence-corrected chi connectivity index (χ2v) is 7.79. The van der Waals surface area contributed by atoms with E-state index in [0.29, 0.717) is 16.6 Å². The van der Waals surface area contributed by atoms with Crippen molar-refractivity contribution >= 4 is 41.6 Å². The summed E-state index contributed by atoms with van der Waals surface area (Å²) >= 11 is 3.12. The Balaban J connectivity index is 2.38. The lowest BCUT2D eigenvalue weighted by molar-refractivity contribution is 0.0752. The number of benzene rings is 1. The maximum Gasteiger partial charge on any atom is 0.262 e. The molecular weight excluding hydrogens is 354 g/mol. The summed E-state index contributed by atoms with van der Waals surface area (Å²) in [6.07, 6.45) is 2.02. The van der Waals surface area contributed by atoms with E-state index in [1.807, 2.05) is 6.92 Å². The van der Waals surface area contributed by atoms with Crippen molar-refractivity contribution in [2.24, 2.45) is 0 Å². The van der Waals surface area contributed by atoms with Gasteiger partial charge < -0.3 is 4.90 Å². The first kappa shape index (κ1) is 14.8. The average molecular weight is 367 g/mol. The normalized spacial score (nSPS) is 15.3. The highest BCUT2D eigenvalue weighted by Gasteiger charge is 2.32. The predicted octanol–water partition coefficient (Wildman–Crippen LogP) is 3.00. The summed E-state index contributed by atoms with van der Waals surface area (Å²) in [6.45, 7) is 2.52. The highest BCUT2D eigenvalue weighted by atomic mass is 79.9. The van der Waals surface area contributed by atoms with E-state index in [0.717, 1.165) is 12.8 Å². The van der Waals surface area contributed by atoms with Crippen LogP contribution >= 0.6 is 26.6 Å². The van der Waals surface area contributed by atoms with Crippen molar-refractivity contribution in [2.45, 2.75) is 30.7 Å². The minimum absolute atomic E-state index is 0.0770. The van der Waals surface area contributed by atoms with Crippen molar-refractivity contribution in [1.29, 1.82) is 0 Å². The molecular formula is C12H13BrClNO3S. The summed E-state index contributed by atoms with van der Waals surface area (Å²) in [5.41, 5.74) is 0.344. The van der Waals surface area contributed by atoms with E-state index in [9.17, 15) is 13.2 Å². The van der Waals surface area contributed by atoms with Gasteiger partial charge in [-0.2, -0.15) is 0 Å². The number of hydrogen-bond acceptors (Lipinski definition) is 3. The van der Waals surface area contributed by atoms with Gasteiger partial charge >= 0.3 is 0 Å². The molecule has 0 unspecified atom stereocenters. The molecule has 0 radical (unpaired) electrons. The maximum absolute atomic E-state index is 12.3. The molecule has 19 heavy (non-hydrogen) atoms. The zero-order valence-electron chi connectivity index (χ0n) is 10.3. The summed E-state index contributed by atoms with van der Waals surface area (Å²) in [5, 5.41) is 0. The first-order valence-corrected chi connectivity index (χ1v) is 9.00. The van der Waals surface area contributed by atoms with E-state index in [2.05, 4.69) is 15.9 Å².